The largest absolute Gasteiger partial charge is 0.462 e. The van der Waals surface area contributed by atoms with Gasteiger partial charge in [-0.15, -0.1) is 0 Å². The number of hydrogen-bond acceptors (Lipinski definition) is 5. The van der Waals surface area contributed by atoms with Crippen LogP contribution >= 0.6 is 0 Å². The highest BCUT2D eigenvalue weighted by atomic mass is 19.4. The molecular formula is C16H19F5N4O2. The fourth-order valence-electron chi connectivity index (χ4n) is 1.74. The maximum absolute atomic E-state index is 13.1. The van der Waals surface area contributed by atoms with Gasteiger partial charge >= 0.3 is 6.18 Å². The molecule has 0 bridgehead atoms. The predicted molar refractivity (Wildman–Crippen MR) is 88.1 cm³/mol. The van der Waals surface area contributed by atoms with Gasteiger partial charge < -0.3 is 10.2 Å². The topological polar surface area (TPSA) is 68.2 Å². The van der Waals surface area contributed by atoms with Crippen molar-refractivity contribution >= 4 is 12.3 Å². The van der Waals surface area contributed by atoms with Gasteiger partial charge in [-0.1, -0.05) is 0 Å². The fourth-order valence-corrected chi connectivity index (χ4v) is 1.74. The van der Waals surface area contributed by atoms with E-state index in [2.05, 4.69) is 20.7 Å². The number of hydrazine groups is 1. The summed E-state index contributed by atoms with van der Waals surface area (Å²) in [4.78, 5) is 9.60. The molecule has 0 fully saturated rings. The summed E-state index contributed by atoms with van der Waals surface area (Å²) in [6.07, 6.45) is -4.67. The first-order chi connectivity index (χ1) is 12.4. The molecule has 150 valence electrons. The summed E-state index contributed by atoms with van der Waals surface area (Å²) in [5.74, 6) is -1.94. The van der Waals surface area contributed by atoms with E-state index in [1.807, 2.05) is 20.8 Å². The van der Waals surface area contributed by atoms with Crippen molar-refractivity contribution in [3.8, 4) is 5.69 Å². The molecular weight excluding hydrogens is 375 g/mol. The second-order valence-corrected chi connectivity index (χ2v) is 6.15. The molecule has 6 nitrogen and oxygen atoms in total. The molecule has 2 rings (SSSR count). The quantitative estimate of drug-likeness (QED) is 0.471. The molecule has 0 aliphatic carbocycles. The van der Waals surface area contributed by atoms with Crippen molar-refractivity contribution in [2.24, 2.45) is 0 Å². The van der Waals surface area contributed by atoms with E-state index in [4.69, 9.17) is 0 Å². The molecule has 0 radical (unpaired) electrons. The molecule has 1 aromatic carbocycles. The van der Waals surface area contributed by atoms with Gasteiger partial charge in [0, 0.05) is 19.2 Å². The molecule has 0 amide bonds. The van der Waals surface area contributed by atoms with Gasteiger partial charge in [-0.3, -0.25) is 4.79 Å². The zero-order valence-corrected chi connectivity index (χ0v) is 15.0. The van der Waals surface area contributed by atoms with Crippen LogP contribution in [0.1, 0.15) is 26.5 Å². The number of nitrogens with one attached hydrogen (secondary N) is 2. The first-order valence-electron chi connectivity index (χ1n) is 7.55. The number of anilines is 1. The zero-order valence-electron chi connectivity index (χ0n) is 15.0. The zero-order chi connectivity index (χ0) is 20.8. The molecule has 0 unspecified atom stereocenters. The summed E-state index contributed by atoms with van der Waals surface area (Å²) < 4.78 is 69.4. The number of nitrogens with zero attached hydrogens (tertiary/aromatic N) is 2. The highest BCUT2D eigenvalue weighted by molar-refractivity contribution is 5.46. The van der Waals surface area contributed by atoms with Crippen LogP contribution in [0.2, 0.25) is 0 Å². The first-order valence-corrected chi connectivity index (χ1v) is 7.55. The van der Waals surface area contributed by atoms with Crippen molar-refractivity contribution in [3.05, 3.63) is 41.6 Å². The van der Waals surface area contributed by atoms with Crippen LogP contribution < -0.4 is 10.9 Å². The smallest absolute Gasteiger partial charge is 0.435 e. The molecule has 0 aliphatic heterocycles. The third-order valence-electron chi connectivity index (χ3n) is 2.75. The van der Waals surface area contributed by atoms with Gasteiger partial charge in [0.25, 0.3) is 6.47 Å². The van der Waals surface area contributed by atoms with Gasteiger partial charge in [-0.25, -0.2) is 18.9 Å². The van der Waals surface area contributed by atoms with E-state index in [-0.39, 0.29) is 17.1 Å². The Morgan fingerprint density at radius 1 is 1.07 bits per heavy atom. The first kappa shape index (κ1) is 22.4. The lowest BCUT2D eigenvalue weighted by molar-refractivity contribution is -0.141. The van der Waals surface area contributed by atoms with E-state index < -0.39 is 23.5 Å². The molecule has 2 N–H and O–H groups in total. The summed E-state index contributed by atoms with van der Waals surface area (Å²) in [5, 5.41) is 3.31. The van der Waals surface area contributed by atoms with Gasteiger partial charge in [0.2, 0.25) is 0 Å². The monoisotopic (exact) mass is 394 g/mol. The average molecular weight is 394 g/mol. The van der Waals surface area contributed by atoms with Crippen LogP contribution in [0, 0.1) is 11.6 Å². The highest BCUT2D eigenvalue weighted by Crippen LogP contribution is 2.31. The summed E-state index contributed by atoms with van der Waals surface area (Å²) in [5.41, 5.74) is 3.17. The van der Waals surface area contributed by atoms with Crippen molar-refractivity contribution in [2.75, 3.05) is 12.5 Å². The number of aromatic nitrogens is 2. The Labute approximate surface area is 152 Å². The van der Waals surface area contributed by atoms with Crippen LogP contribution in [0.3, 0.4) is 0 Å². The van der Waals surface area contributed by atoms with Gasteiger partial charge in [-0.05, 0) is 32.9 Å². The standard InChI is InChI=1S/C11H9F5N4.C5H10O2/c1-17-18-10-5-9(11(14,15)16)19-20(10)8-3-6(12)2-7(13)4-8;1-5(2,3)7-4-6/h2-5,17-18H,1H3;4H,1-3H3. The van der Waals surface area contributed by atoms with Gasteiger partial charge in [0.05, 0.1) is 5.69 Å². The Morgan fingerprint density at radius 2 is 1.63 bits per heavy atom. The van der Waals surface area contributed by atoms with Crippen LogP contribution in [-0.4, -0.2) is 28.9 Å². The van der Waals surface area contributed by atoms with Crippen molar-refractivity contribution in [2.45, 2.75) is 32.5 Å². The maximum atomic E-state index is 13.1. The van der Waals surface area contributed by atoms with Crippen molar-refractivity contribution in [1.82, 2.24) is 15.2 Å². The van der Waals surface area contributed by atoms with E-state index in [0.717, 1.165) is 22.9 Å². The lowest BCUT2D eigenvalue weighted by Crippen LogP contribution is -2.18. The molecule has 1 heterocycles. The van der Waals surface area contributed by atoms with Gasteiger partial charge in [0.15, 0.2) is 5.69 Å². The van der Waals surface area contributed by atoms with E-state index in [9.17, 15) is 26.7 Å². The van der Waals surface area contributed by atoms with E-state index in [1.165, 1.54) is 7.05 Å². The van der Waals surface area contributed by atoms with Crippen LogP contribution in [0.15, 0.2) is 24.3 Å². The number of hydrogen-bond donors (Lipinski definition) is 2. The number of carbonyl (C=O) groups is 1. The molecule has 0 saturated carbocycles. The highest BCUT2D eigenvalue weighted by Gasteiger charge is 2.35. The number of benzene rings is 1. The van der Waals surface area contributed by atoms with Gasteiger partial charge in [-0.2, -0.15) is 18.3 Å². The second kappa shape index (κ2) is 8.80. The summed E-state index contributed by atoms with van der Waals surface area (Å²) in [6.45, 7) is 5.92. The number of alkyl halides is 3. The fraction of sp³-hybridized carbons (Fsp3) is 0.375. The Kier molecular flexibility index (Phi) is 7.28. The minimum absolute atomic E-state index is 0.107. The van der Waals surface area contributed by atoms with E-state index in [0.29, 0.717) is 12.5 Å². The molecule has 0 atom stereocenters. The molecule has 2 aromatic rings. The lowest BCUT2D eigenvalue weighted by Gasteiger charge is -2.14. The third-order valence-corrected chi connectivity index (χ3v) is 2.75. The summed E-state index contributed by atoms with van der Waals surface area (Å²) in [6, 6.07) is 3.08. The molecule has 0 aliphatic rings. The average Bonchev–Trinajstić information content (AvgIpc) is 2.90. The van der Waals surface area contributed by atoms with Crippen molar-refractivity contribution < 1.29 is 31.5 Å². The minimum atomic E-state index is -4.67. The Balaban J connectivity index is 0.000000445. The van der Waals surface area contributed by atoms with Crippen LogP contribution in [0.25, 0.3) is 5.69 Å². The molecule has 11 heteroatoms. The minimum Gasteiger partial charge on any atom is -0.462 e. The summed E-state index contributed by atoms with van der Waals surface area (Å²) in [7, 11) is 1.43. The van der Waals surface area contributed by atoms with Crippen LogP contribution in [0.4, 0.5) is 27.8 Å². The van der Waals surface area contributed by atoms with Gasteiger partial charge in [0.1, 0.15) is 23.1 Å². The van der Waals surface area contributed by atoms with Crippen molar-refractivity contribution in [1.29, 1.82) is 0 Å². The summed E-state index contributed by atoms with van der Waals surface area (Å²) >= 11 is 0. The number of carbonyl (C=O) groups excluding carboxylic acids is 1. The predicted octanol–water partition coefficient (Wildman–Crippen LogP) is 3.67. The second-order valence-electron chi connectivity index (χ2n) is 6.15. The SMILES string of the molecule is CC(C)(C)OC=O.CNNc1cc(C(F)(F)F)nn1-c1cc(F)cc(F)c1. The lowest BCUT2D eigenvalue weighted by atomic mass is 10.2. The molecule has 0 saturated heterocycles. The Bertz CT molecular complexity index is 749. The van der Waals surface area contributed by atoms with Crippen molar-refractivity contribution in [3.63, 3.8) is 0 Å². The van der Waals surface area contributed by atoms with E-state index in [1.54, 1.807) is 0 Å². The molecule has 1 aromatic heterocycles. The maximum Gasteiger partial charge on any atom is 0.435 e. The van der Waals surface area contributed by atoms with Crippen LogP contribution in [0.5, 0.6) is 0 Å². The number of ether oxygens (including phenoxy) is 1. The van der Waals surface area contributed by atoms with E-state index >= 15 is 0 Å². The normalized spacial score (nSPS) is 11.4. The third kappa shape index (κ3) is 7.21. The molecule has 0 spiro atoms. The Morgan fingerprint density at radius 3 is 2.00 bits per heavy atom. The number of halogens is 5. The van der Waals surface area contributed by atoms with Crippen LogP contribution in [-0.2, 0) is 15.7 Å². The Hall–Kier alpha value is -2.69. The molecule has 27 heavy (non-hydrogen) atoms. The number of rotatable bonds is 4.